The molecule has 0 unspecified atom stereocenters. The van der Waals surface area contributed by atoms with Gasteiger partial charge in [-0.05, 0) is 37.6 Å². The van der Waals surface area contributed by atoms with E-state index in [0.717, 1.165) is 29.6 Å². The van der Waals surface area contributed by atoms with Crippen molar-refractivity contribution in [2.24, 2.45) is 0 Å². The van der Waals surface area contributed by atoms with Gasteiger partial charge in [0, 0.05) is 42.7 Å². The molecule has 0 aliphatic carbocycles. The third-order valence-electron chi connectivity index (χ3n) is 6.51. The van der Waals surface area contributed by atoms with Crippen molar-refractivity contribution in [1.29, 1.82) is 0 Å². The average Bonchev–Trinajstić information content (AvgIpc) is 2.87. The molecule has 8 nitrogen and oxygen atoms in total. The van der Waals surface area contributed by atoms with E-state index in [4.69, 9.17) is 14.2 Å². The van der Waals surface area contributed by atoms with Gasteiger partial charge in [0.05, 0.1) is 36.8 Å². The zero-order chi connectivity index (χ0) is 23.5. The van der Waals surface area contributed by atoms with Crippen LogP contribution in [0.15, 0.2) is 36.7 Å². The summed E-state index contributed by atoms with van der Waals surface area (Å²) < 4.78 is 31.0. The van der Waals surface area contributed by atoms with Gasteiger partial charge in [-0.1, -0.05) is 0 Å². The molecule has 196 valence electrons. The minimum atomic E-state index is -0.523. The molecule has 0 bridgehead atoms. The second kappa shape index (κ2) is 12.7. The molecule has 0 amide bonds. The zero-order valence-electron chi connectivity index (χ0n) is 20.0. The molecule has 2 aromatic heterocycles. The third-order valence-corrected chi connectivity index (χ3v) is 6.51. The molecule has 4 heterocycles. The van der Waals surface area contributed by atoms with Gasteiger partial charge >= 0.3 is 0 Å². The predicted octanol–water partition coefficient (Wildman–Crippen LogP) is 3.16. The highest BCUT2D eigenvalue weighted by Gasteiger charge is 2.27. The van der Waals surface area contributed by atoms with E-state index in [1.165, 1.54) is 6.20 Å². The zero-order valence-corrected chi connectivity index (χ0v) is 21.6. The molecule has 2 atom stereocenters. The number of pyridine rings is 2. The molecule has 36 heavy (non-hydrogen) atoms. The first kappa shape index (κ1) is 28.1. The van der Waals surface area contributed by atoms with Crippen LogP contribution in [0.1, 0.15) is 17.7 Å². The van der Waals surface area contributed by atoms with E-state index < -0.39 is 6.10 Å². The van der Waals surface area contributed by atoms with Crippen LogP contribution in [0.25, 0.3) is 10.9 Å². The van der Waals surface area contributed by atoms with Crippen molar-refractivity contribution in [1.82, 2.24) is 20.2 Å². The van der Waals surface area contributed by atoms with Gasteiger partial charge in [-0.25, -0.2) is 4.39 Å². The molecule has 5 rings (SSSR count). The van der Waals surface area contributed by atoms with Gasteiger partial charge in [0.15, 0.2) is 11.5 Å². The number of aliphatic hydroxyl groups is 1. The summed E-state index contributed by atoms with van der Waals surface area (Å²) in [5.74, 6) is 1.74. The highest BCUT2D eigenvalue weighted by atomic mass is 35.5. The first-order valence-corrected chi connectivity index (χ1v) is 11.6. The summed E-state index contributed by atoms with van der Waals surface area (Å²) in [6, 6.07) is 7.35. The number of aliphatic hydroxyl groups excluding tert-OH is 1. The lowest BCUT2D eigenvalue weighted by atomic mass is 10.00. The third kappa shape index (κ3) is 6.27. The van der Waals surface area contributed by atoms with Crippen LogP contribution in [0.3, 0.4) is 0 Å². The number of aromatic nitrogens is 2. The van der Waals surface area contributed by atoms with Crippen LogP contribution in [0, 0.1) is 5.82 Å². The van der Waals surface area contributed by atoms with Crippen molar-refractivity contribution >= 4 is 35.7 Å². The highest BCUT2D eigenvalue weighted by Crippen LogP contribution is 2.29. The quantitative estimate of drug-likeness (QED) is 0.472. The molecule has 2 aliphatic heterocycles. The molecule has 1 saturated heterocycles. The van der Waals surface area contributed by atoms with Crippen LogP contribution in [-0.4, -0.2) is 72.1 Å². The number of benzene rings is 1. The first-order chi connectivity index (χ1) is 16.6. The number of rotatable bonds is 7. The Bertz CT molecular complexity index is 1170. The van der Waals surface area contributed by atoms with Gasteiger partial charge in [-0.3, -0.25) is 9.97 Å². The Hall–Kier alpha value is -2.43. The Labute approximate surface area is 222 Å². The molecule has 2 aliphatic rings. The largest absolute Gasteiger partial charge is 0.497 e. The summed E-state index contributed by atoms with van der Waals surface area (Å²) in [5.41, 5.74) is 2.21. The van der Waals surface area contributed by atoms with Crippen molar-refractivity contribution in [3.63, 3.8) is 0 Å². The number of ether oxygens (including phenoxy) is 3. The number of hydrogen-bond acceptors (Lipinski definition) is 8. The SMILES string of the molecule is COc1ccc2ncc(F)c(CCN3CC[C@@H](NCc4cc5c(cn4)OCCO5)[C@H](O)C3)c2c1.Cl.Cl. The van der Waals surface area contributed by atoms with E-state index in [0.29, 0.717) is 62.1 Å². The number of nitrogens with zero attached hydrogens (tertiary/aromatic N) is 3. The Morgan fingerprint density at radius 1 is 1.14 bits per heavy atom. The van der Waals surface area contributed by atoms with Crippen LogP contribution in [0.5, 0.6) is 17.2 Å². The summed E-state index contributed by atoms with van der Waals surface area (Å²) in [4.78, 5) is 10.8. The van der Waals surface area contributed by atoms with Gasteiger partial charge < -0.3 is 29.5 Å². The number of piperidine rings is 1. The Balaban J connectivity index is 0.00000180. The molecular weight excluding hydrogens is 510 g/mol. The molecule has 1 fully saturated rings. The second-order valence-corrected chi connectivity index (χ2v) is 8.68. The Morgan fingerprint density at radius 3 is 2.72 bits per heavy atom. The van der Waals surface area contributed by atoms with Gasteiger partial charge in [0.1, 0.15) is 24.8 Å². The van der Waals surface area contributed by atoms with Crippen LogP contribution in [-0.2, 0) is 13.0 Å². The molecule has 0 spiro atoms. The Morgan fingerprint density at radius 2 is 1.94 bits per heavy atom. The van der Waals surface area contributed by atoms with Gasteiger partial charge in [-0.2, -0.15) is 0 Å². The average molecular weight is 541 g/mol. The summed E-state index contributed by atoms with van der Waals surface area (Å²) in [6.45, 7) is 3.61. The minimum Gasteiger partial charge on any atom is -0.497 e. The van der Waals surface area contributed by atoms with Gasteiger partial charge in [0.25, 0.3) is 0 Å². The van der Waals surface area contributed by atoms with Crippen LogP contribution < -0.4 is 19.5 Å². The number of fused-ring (bicyclic) bond motifs is 2. The van der Waals surface area contributed by atoms with Crippen molar-refractivity contribution < 1.29 is 23.7 Å². The maximum Gasteiger partial charge on any atom is 0.179 e. The van der Waals surface area contributed by atoms with Crippen LogP contribution in [0.2, 0.25) is 0 Å². The van der Waals surface area contributed by atoms with E-state index in [1.54, 1.807) is 13.3 Å². The van der Waals surface area contributed by atoms with E-state index in [-0.39, 0.29) is 36.7 Å². The van der Waals surface area contributed by atoms with Gasteiger partial charge in [0.2, 0.25) is 0 Å². The number of hydrogen-bond donors (Lipinski definition) is 2. The molecular formula is C25H31Cl2FN4O4. The smallest absolute Gasteiger partial charge is 0.179 e. The number of β-amino-alcohol motifs (C(OH)–C–C–N with tert-alkyl or cyclic N) is 1. The second-order valence-electron chi connectivity index (χ2n) is 8.68. The fourth-order valence-corrected chi connectivity index (χ4v) is 4.61. The Kier molecular flexibility index (Phi) is 9.92. The lowest BCUT2D eigenvalue weighted by Crippen LogP contribution is -2.52. The lowest BCUT2D eigenvalue weighted by Gasteiger charge is -2.36. The number of halogens is 3. The molecule has 3 aromatic rings. The van der Waals surface area contributed by atoms with Crippen molar-refractivity contribution in [2.75, 3.05) is 40.0 Å². The van der Waals surface area contributed by atoms with E-state index in [9.17, 15) is 9.50 Å². The predicted molar refractivity (Wildman–Crippen MR) is 139 cm³/mol. The minimum absolute atomic E-state index is 0. The lowest BCUT2D eigenvalue weighted by molar-refractivity contribution is 0.0402. The monoisotopic (exact) mass is 540 g/mol. The molecule has 0 saturated carbocycles. The maximum absolute atomic E-state index is 14.6. The van der Waals surface area contributed by atoms with Gasteiger partial charge in [-0.15, -0.1) is 24.8 Å². The molecule has 1 aromatic carbocycles. The van der Waals surface area contributed by atoms with E-state index >= 15 is 0 Å². The number of nitrogens with one attached hydrogen (secondary N) is 1. The summed E-state index contributed by atoms with van der Waals surface area (Å²) in [5, 5.41) is 14.9. The molecule has 11 heteroatoms. The number of likely N-dealkylation sites (tertiary alicyclic amines) is 1. The first-order valence-electron chi connectivity index (χ1n) is 11.6. The fraction of sp³-hybridized carbons (Fsp3) is 0.440. The molecule has 2 N–H and O–H groups in total. The summed E-state index contributed by atoms with van der Waals surface area (Å²) >= 11 is 0. The summed E-state index contributed by atoms with van der Waals surface area (Å²) in [6.07, 6.45) is 3.76. The van der Waals surface area contributed by atoms with E-state index in [2.05, 4.69) is 20.2 Å². The molecule has 0 radical (unpaired) electrons. The van der Waals surface area contributed by atoms with Crippen LogP contribution in [0.4, 0.5) is 4.39 Å². The highest BCUT2D eigenvalue weighted by molar-refractivity contribution is 5.85. The standard InChI is InChI=1S/C25H29FN4O4.2ClH/c1-32-17-2-3-21-19(11-17)18(20(26)13-29-21)4-6-30-7-5-22(23(31)15-30)28-12-16-10-24-25(14-27-16)34-9-8-33-24;;/h2-3,10-11,13-14,22-23,28,31H,4-9,12,15H2,1H3;2*1H/t22-,23-;;/m1../s1. The normalized spacial score (nSPS) is 19.3. The van der Waals surface area contributed by atoms with Crippen LogP contribution >= 0.6 is 24.8 Å². The summed E-state index contributed by atoms with van der Waals surface area (Å²) in [7, 11) is 1.59. The fourth-order valence-electron chi connectivity index (χ4n) is 4.61. The maximum atomic E-state index is 14.6. The number of methoxy groups -OCH3 is 1. The van der Waals surface area contributed by atoms with Crippen molar-refractivity contribution in [3.05, 3.63) is 53.7 Å². The topological polar surface area (TPSA) is 89.0 Å². The van der Waals surface area contributed by atoms with E-state index in [1.807, 2.05) is 24.3 Å². The van der Waals surface area contributed by atoms with Crippen molar-refractivity contribution in [2.45, 2.75) is 31.5 Å². The van der Waals surface area contributed by atoms with Crippen molar-refractivity contribution in [3.8, 4) is 17.2 Å².